The van der Waals surface area contributed by atoms with Gasteiger partial charge in [0.1, 0.15) is 5.60 Å². The van der Waals surface area contributed by atoms with Gasteiger partial charge in [0.25, 0.3) is 5.91 Å². The number of hydrogen-bond donors (Lipinski definition) is 0. The molecule has 3 amide bonds. The third kappa shape index (κ3) is 3.78. The van der Waals surface area contributed by atoms with Crippen molar-refractivity contribution in [2.24, 2.45) is 11.8 Å². The molecule has 6 heteroatoms. The molecule has 2 saturated heterocycles. The highest BCUT2D eigenvalue weighted by atomic mass is 16.6. The highest BCUT2D eigenvalue weighted by Gasteiger charge is 2.44. The number of imide groups is 1. The van der Waals surface area contributed by atoms with E-state index in [0.29, 0.717) is 31.6 Å². The number of rotatable bonds is 2. The van der Waals surface area contributed by atoms with Gasteiger partial charge in [0.05, 0.1) is 5.92 Å². The Morgan fingerprint density at radius 2 is 2.08 bits per heavy atom. The number of carbonyl (C=O) groups excluding carboxylic acids is 3. The first-order chi connectivity index (χ1) is 11.8. The summed E-state index contributed by atoms with van der Waals surface area (Å²) < 4.78 is 5.44. The first-order valence-corrected chi connectivity index (χ1v) is 8.96. The second-order valence-corrected chi connectivity index (χ2v) is 8.03. The Balaban J connectivity index is 1.62. The van der Waals surface area contributed by atoms with Gasteiger partial charge in [0.2, 0.25) is 5.91 Å². The fourth-order valence-electron chi connectivity index (χ4n) is 3.67. The average molecular weight is 346 g/mol. The molecule has 1 unspecified atom stereocenters. The summed E-state index contributed by atoms with van der Waals surface area (Å²) in [6.45, 7) is 7.09. The smallest absolute Gasteiger partial charge is 0.410 e. The molecular weight excluding hydrogens is 320 g/mol. The van der Waals surface area contributed by atoms with Crippen molar-refractivity contribution < 1.29 is 19.1 Å². The van der Waals surface area contributed by atoms with E-state index in [9.17, 15) is 14.4 Å². The maximum absolute atomic E-state index is 12.6. The highest BCUT2D eigenvalue weighted by Crippen LogP contribution is 2.32. The molecule has 3 rings (SSSR count). The molecule has 25 heavy (non-hydrogen) atoms. The standard InChI is InChI=1S/C19H26N2O4/c1-19(2,3)25-18(24)20-10-6-7-13(11-20)12-21-16(22)14-8-4-5-9-15(14)17(21)23/h4-5,8,13,15H,6-7,9-12H2,1-3H3/t13-,15?/m0/s1. The van der Waals surface area contributed by atoms with Crippen LogP contribution in [0, 0.1) is 11.8 Å². The average Bonchev–Trinajstić information content (AvgIpc) is 2.79. The van der Waals surface area contributed by atoms with Gasteiger partial charge in [-0.2, -0.15) is 0 Å². The van der Waals surface area contributed by atoms with Crippen molar-refractivity contribution in [2.75, 3.05) is 19.6 Å². The van der Waals surface area contributed by atoms with Crippen molar-refractivity contribution in [1.82, 2.24) is 9.80 Å². The van der Waals surface area contributed by atoms with Crippen molar-refractivity contribution >= 4 is 17.9 Å². The molecule has 0 bridgehead atoms. The van der Waals surface area contributed by atoms with E-state index in [1.54, 1.807) is 11.0 Å². The number of allylic oxidation sites excluding steroid dienone is 3. The summed E-state index contributed by atoms with van der Waals surface area (Å²) in [5, 5.41) is 0. The van der Waals surface area contributed by atoms with Gasteiger partial charge >= 0.3 is 6.09 Å². The van der Waals surface area contributed by atoms with Crippen LogP contribution >= 0.6 is 0 Å². The van der Waals surface area contributed by atoms with E-state index in [0.717, 1.165) is 12.8 Å². The summed E-state index contributed by atoms with van der Waals surface area (Å²) in [5.74, 6) is -0.491. The van der Waals surface area contributed by atoms with Crippen LogP contribution in [-0.2, 0) is 14.3 Å². The molecule has 0 aromatic heterocycles. The molecule has 1 aliphatic carbocycles. The maximum atomic E-state index is 12.6. The summed E-state index contributed by atoms with van der Waals surface area (Å²) >= 11 is 0. The molecule has 136 valence electrons. The summed E-state index contributed by atoms with van der Waals surface area (Å²) in [4.78, 5) is 40.4. The molecule has 2 atom stereocenters. The predicted octanol–water partition coefficient (Wildman–Crippen LogP) is 2.50. The van der Waals surface area contributed by atoms with E-state index >= 15 is 0 Å². The van der Waals surface area contributed by atoms with Gasteiger partial charge < -0.3 is 9.64 Å². The fourth-order valence-corrected chi connectivity index (χ4v) is 3.67. The largest absolute Gasteiger partial charge is 0.444 e. The molecule has 0 radical (unpaired) electrons. The molecule has 2 heterocycles. The third-order valence-corrected chi connectivity index (χ3v) is 4.83. The van der Waals surface area contributed by atoms with Crippen molar-refractivity contribution in [2.45, 2.75) is 45.6 Å². The first-order valence-electron chi connectivity index (χ1n) is 8.96. The van der Waals surface area contributed by atoms with Crippen LogP contribution in [0.3, 0.4) is 0 Å². The van der Waals surface area contributed by atoms with Crippen LogP contribution in [-0.4, -0.2) is 52.9 Å². The van der Waals surface area contributed by atoms with E-state index in [1.807, 2.05) is 32.9 Å². The number of nitrogens with zero attached hydrogens (tertiary/aromatic N) is 2. The number of carbonyl (C=O) groups is 3. The van der Waals surface area contributed by atoms with E-state index in [2.05, 4.69) is 0 Å². The summed E-state index contributed by atoms with van der Waals surface area (Å²) in [5.41, 5.74) is 0.0763. The molecule has 0 aromatic carbocycles. The minimum Gasteiger partial charge on any atom is -0.444 e. The molecule has 0 spiro atoms. The second kappa shape index (κ2) is 6.65. The molecule has 3 aliphatic rings. The molecule has 2 aliphatic heterocycles. The summed E-state index contributed by atoms with van der Waals surface area (Å²) in [7, 11) is 0. The molecular formula is C19H26N2O4. The lowest BCUT2D eigenvalue weighted by Gasteiger charge is -2.35. The van der Waals surface area contributed by atoms with E-state index < -0.39 is 5.60 Å². The fraction of sp³-hybridized carbons (Fsp3) is 0.632. The molecule has 2 fully saturated rings. The minimum atomic E-state index is -0.528. The Kier molecular flexibility index (Phi) is 4.71. The molecule has 6 nitrogen and oxygen atoms in total. The van der Waals surface area contributed by atoms with E-state index in [-0.39, 0.29) is 29.7 Å². The van der Waals surface area contributed by atoms with E-state index in [4.69, 9.17) is 4.74 Å². The molecule has 0 N–H and O–H groups in total. The van der Waals surface area contributed by atoms with Crippen LogP contribution in [0.5, 0.6) is 0 Å². The van der Waals surface area contributed by atoms with Gasteiger partial charge in [-0.25, -0.2) is 4.79 Å². The topological polar surface area (TPSA) is 66.9 Å². The Bertz CT molecular complexity index is 644. The van der Waals surface area contributed by atoms with Crippen molar-refractivity contribution in [3.8, 4) is 0 Å². The van der Waals surface area contributed by atoms with Crippen LogP contribution in [0.15, 0.2) is 23.8 Å². The number of piperidine rings is 1. The van der Waals surface area contributed by atoms with Crippen LogP contribution in [0.25, 0.3) is 0 Å². The zero-order chi connectivity index (χ0) is 18.2. The van der Waals surface area contributed by atoms with Gasteiger partial charge in [-0.1, -0.05) is 18.2 Å². The number of ether oxygens (including phenoxy) is 1. The van der Waals surface area contributed by atoms with Gasteiger partial charge in [0, 0.05) is 25.2 Å². The Labute approximate surface area is 148 Å². The zero-order valence-corrected chi connectivity index (χ0v) is 15.2. The molecule has 0 saturated carbocycles. The Hall–Kier alpha value is -2.11. The number of likely N-dealkylation sites (tertiary alicyclic amines) is 2. The number of fused-ring (bicyclic) bond motifs is 1. The SMILES string of the molecule is CC(C)(C)OC(=O)N1CCC[C@H](CN2C(=O)C3=CC=CCC3C2=O)C1. The predicted molar refractivity (Wildman–Crippen MR) is 92.6 cm³/mol. The zero-order valence-electron chi connectivity index (χ0n) is 15.2. The van der Waals surface area contributed by atoms with Crippen molar-refractivity contribution in [3.63, 3.8) is 0 Å². The first kappa shape index (κ1) is 17.7. The van der Waals surface area contributed by atoms with Gasteiger partial charge in [0.15, 0.2) is 0 Å². The lowest BCUT2D eigenvalue weighted by molar-refractivity contribution is -0.139. The van der Waals surface area contributed by atoms with E-state index in [1.165, 1.54) is 4.90 Å². The van der Waals surface area contributed by atoms with Gasteiger partial charge in [-0.05, 0) is 46.0 Å². The third-order valence-electron chi connectivity index (χ3n) is 4.83. The molecule has 0 aromatic rings. The van der Waals surface area contributed by atoms with Crippen molar-refractivity contribution in [3.05, 3.63) is 23.8 Å². The maximum Gasteiger partial charge on any atom is 0.410 e. The van der Waals surface area contributed by atoms with Crippen LogP contribution in [0.4, 0.5) is 4.79 Å². The van der Waals surface area contributed by atoms with Gasteiger partial charge in [-0.15, -0.1) is 0 Å². The van der Waals surface area contributed by atoms with Gasteiger partial charge in [-0.3, -0.25) is 14.5 Å². The summed E-state index contributed by atoms with van der Waals surface area (Å²) in [6.07, 6.45) is 7.55. The van der Waals surface area contributed by atoms with Crippen molar-refractivity contribution in [1.29, 1.82) is 0 Å². The number of amides is 3. The monoisotopic (exact) mass is 346 g/mol. The Morgan fingerprint density at radius 3 is 2.76 bits per heavy atom. The van der Waals surface area contributed by atoms with Crippen LogP contribution in [0.1, 0.15) is 40.0 Å². The minimum absolute atomic E-state index is 0.0999. The number of hydrogen-bond acceptors (Lipinski definition) is 4. The summed E-state index contributed by atoms with van der Waals surface area (Å²) in [6, 6.07) is 0. The highest BCUT2D eigenvalue weighted by molar-refractivity contribution is 6.15. The van der Waals surface area contributed by atoms with Crippen LogP contribution in [0.2, 0.25) is 0 Å². The lowest BCUT2D eigenvalue weighted by atomic mass is 9.94. The Morgan fingerprint density at radius 1 is 1.32 bits per heavy atom. The quantitative estimate of drug-likeness (QED) is 0.721. The van der Waals surface area contributed by atoms with Crippen LogP contribution < -0.4 is 0 Å². The normalized spacial score (nSPS) is 26.6. The lowest BCUT2D eigenvalue weighted by Crippen LogP contribution is -2.46. The second-order valence-electron chi connectivity index (χ2n) is 8.03.